The number of nitrogens with zero attached hydrogens (tertiary/aromatic N) is 4. The Hall–Kier alpha value is -3.78. The molecule has 7 heteroatoms. The summed E-state index contributed by atoms with van der Waals surface area (Å²) in [5.41, 5.74) is 3.13. The van der Waals surface area contributed by atoms with Crippen LogP contribution < -0.4 is 4.74 Å². The Kier molecular flexibility index (Phi) is 9.17. The highest BCUT2D eigenvalue weighted by Crippen LogP contribution is 2.23. The summed E-state index contributed by atoms with van der Waals surface area (Å²) in [7, 11) is 0. The molecule has 0 radical (unpaired) electrons. The fraction of sp³-hybridized carbons (Fsp3) is 0.312. The Morgan fingerprint density at radius 2 is 1.46 bits per heavy atom. The van der Waals surface area contributed by atoms with E-state index in [9.17, 15) is 9.90 Å². The standard InChI is InChI=1S/C32H36N4O3/c37-28(25-39-31-15-7-14-30-29(31)13-8-16-33-30)23-34-17-19-35(20-18-34)24-32(38)36(21-26-9-3-1-4-10-26)22-27-11-5-2-6-12-27/h1-16,28,37H,17-25H2. The minimum Gasteiger partial charge on any atom is -0.490 e. The lowest BCUT2D eigenvalue weighted by Gasteiger charge is -2.36. The average Bonchev–Trinajstić information content (AvgIpc) is 2.98. The van der Waals surface area contributed by atoms with E-state index in [0.29, 0.717) is 26.2 Å². The zero-order valence-corrected chi connectivity index (χ0v) is 22.2. The number of rotatable bonds is 11. The monoisotopic (exact) mass is 524 g/mol. The molecule has 4 aromatic rings. The highest BCUT2D eigenvalue weighted by Gasteiger charge is 2.23. The molecule has 1 saturated heterocycles. The lowest BCUT2D eigenvalue weighted by molar-refractivity contribution is -0.134. The fourth-order valence-electron chi connectivity index (χ4n) is 5.00. The first kappa shape index (κ1) is 26.8. The summed E-state index contributed by atoms with van der Waals surface area (Å²) in [6, 6.07) is 29.9. The molecule has 1 amide bonds. The summed E-state index contributed by atoms with van der Waals surface area (Å²) < 4.78 is 5.94. The molecule has 2 heterocycles. The van der Waals surface area contributed by atoms with Crippen LogP contribution in [0.4, 0.5) is 0 Å². The number of aliphatic hydroxyl groups excluding tert-OH is 1. The van der Waals surface area contributed by atoms with Crippen molar-refractivity contribution >= 4 is 16.8 Å². The highest BCUT2D eigenvalue weighted by molar-refractivity contribution is 5.84. The van der Waals surface area contributed by atoms with Crippen molar-refractivity contribution in [2.45, 2.75) is 19.2 Å². The molecule has 1 aromatic heterocycles. The van der Waals surface area contributed by atoms with Crippen molar-refractivity contribution in [1.82, 2.24) is 19.7 Å². The van der Waals surface area contributed by atoms with Gasteiger partial charge in [0.1, 0.15) is 18.5 Å². The summed E-state index contributed by atoms with van der Waals surface area (Å²) >= 11 is 0. The smallest absolute Gasteiger partial charge is 0.237 e. The van der Waals surface area contributed by atoms with Gasteiger partial charge < -0.3 is 14.7 Å². The van der Waals surface area contributed by atoms with Gasteiger partial charge in [-0.05, 0) is 35.4 Å². The van der Waals surface area contributed by atoms with Gasteiger partial charge >= 0.3 is 0 Å². The van der Waals surface area contributed by atoms with Crippen LogP contribution in [-0.4, -0.2) is 82.7 Å². The number of aliphatic hydroxyl groups is 1. The summed E-state index contributed by atoms with van der Waals surface area (Å²) in [6.07, 6.45) is 1.16. The molecule has 1 aliphatic heterocycles. The van der Waals surface area contributed by atoms with E-state index in [0.717, 1.165) is 54.0 Å². The first-order valence-corrected chi connectivity index (χ1v) is 13.6. The SMILES string of the molecule is O=C(CN1CCN(CC(O)COc2cccc3ncccc23)CC1)N(Cc1ccccc1)Cc1ccccc1. The van der Waals surface area contributed by atoms with E-state index >= 15 is 0 Å². The van der Waals surface area contributed by atoms with Gasteiger partial charge in [-0.25, -0.2) is 0 Å². The van der Waals surface area contributed by atoms with Crippen LogP contribution in [0, 0.1) is 0 Å². The Bertz CT molecular complexity index is 1280. The summed E-state index contributed by atoms with van der Waals surface area (Å²) in [5.74, 6) is 0.868. The van der Waals surface area contributed by atoms with Crippen LogP contribution in [0.2, 0.25) is 0 Å². The van der Waals surface area contributed by atoms with E-state index in [4.69, 9.17) is 4.74 Å². The zero-order chi connectivity index (χ0) is 26.9. The number of carbonyl (C=O) groups excluding carboxylic acids is 1. The molecule has 1 aliphatic rings. The molecule has 0 aliphatic carbocycles. The molecular weight excluding hydrogens is 488 g/mol. The van der Waals surface area contributed by atoms with Crippen LogP contribution in [0.15, 0.2) is 97.2 Å². The largest absolute Gasteiger partial charge is 0.490 e. The second-order valence-corrected chi connectivity index (χ2v) is 10.1. The number of hydrogen-bond acceptors (Lipinski definition) is 6. The molecule has 202 valence electrons. The molecule has 39 heavy (non-hydrogen) atoms. The maximum absolute atomic E-state index is 13.4. The number of aromatic nitrogens is 1. The van der Waals surface area contributed by atoms with Crippen LogP contribution in [-0.2, 0) is 17.9 Å². The fourth-order valence-corrected chi connectivity index (χ4v) is 5.00. The number of ether oxygens (including phenoxy) is 1. The summed E-state index contributed by atoms with van der Waals surface area (Å²) in [5, 5.41) is 11.6. The number of benzene rings is 3. The molecule has 0 spiro atoms. The highest BCUT2D eigenvalue weighted by atomic mass is 16.5. The maximum atomic E-state index is 13.4. The van der Waals surface area contributed by atoms with Crippen LogP contribution >= 0.6 is 0 Å². The van der Waals surface area contributed by atoms with Gasteiger partial charge in [-0.3, -0.25) is 19.6 Å². The normalized spacial score (nSPS) is 15.2. The van der Waals surface area contributed by atoms with Crippen molar-refractivity contribution in [2.24, 2.45) is 0 Å². The second kappa shape index (κ2) is 13.3. The topological polar surface area (TPSA) is 69.1 Å². The van der Waals surface area contributed by atoms with Gasteiger partial charge in [0.2, 0.25) is 5.91 Å². The lowest BCUT2D eigenvalue weighted by Crippen LogP contribution is -2.51. The molecule has 1 N–H and O–H groups in total. The van der Waals surface area contributed by atoms with Crippen LogP contribution in [0.25, 0.3) is 10.9 Å². The van der Waals surface area contributed by atoms with E-state index in [1.807, 2.05) is 71.6 Å². The van der Waals surface area contributed by atoms with Gasteiger partial charge in [0.05, 0.1) is 12.1 Å². The second-order valence-electron chi connectivity index (χ2n) is 10.1. The van der Waals surface area contributed by atoms with Crippen molar-refractivity contribution in [1.29, 1.82) is 0 Å². The predicted molar refractivity (Wildman–Crippen MR) is 153 cm³/mol. The molecule has 7 nitrogen and oxygen atoms in total. The molecule has 1 unspecified atom stereocenters. The third kappa shape index (κ3) is 7.63. The van der Waals surface area contributed by atoms with Gasteiger partial charge in [-0.2, -0.15) is 0 Å². The lowest BCUT2D eigenvalue weighted by atomic mass is 10.1. The van der Waals surface area contributed by atoms with Crippen molar-refractivity contribution < 1.29 is 14.6 Å². The number of pyridine rings is 1. The quantitative estimate of drug-likeness (QED) is 0.322. The van der Waals surface area contributed by atoms with Crippen molar-refractivity contribution in [2.75, 3.05) is 45.9 Å². The van der Waals surface area contributed by atoms with Gasteiger partial charge in [-0.15, -0.1) is 0 Å². The van der Waals surface area contributed by atoms with Gasteiger partial charge in [0.15, 0.2) is 0 Å². The van der Waals surface area contributed by atoms with E-state index < -0.39 is 6.10 Å². The summed E-state index contributed by atoms with van der Waals surface area (Å²) in [4.78, 5) is 24.2. The van der Waals surface area contributed by atoms with Gasteiger partial charge in [0.25, 0.3) is 0 Å². The Morgan fingerprint density at radius 3 is 2.13 bits per heavy atom. The number of carbonyl (C=O) groups is 1. The van der Waals surface area contributed by atoms with E-state index in [2.05, 4.69) is 39.0 Å². The van der Waals surface area contributed by atoms with Crippen molar-refractivity contribution in [3.63, 3.8) is 0 Å². The van der Waals surface area contributed by atoms with E-state index in [1.165, 1.54) is 0 Å². The van der Waals surface area contributed by atoms with E-state index in [1.54, 1.807) is 6.20 Å². The zero-order valence-electron chi connectivity index (χ0n) is 22.2. The molecule has 1 atom stereocenters. The number of fused-ring (bicyclic) bond motifs is 1. The maximum Gasteiger partial charge on any atom is 0.237 e. The molecule has 0 bridgehead atoms. The summed E-state index contributed by atoms with van der Waals surface area (Å²) in [6.45, 7) is 5.53. The predicted octanol–water partition coefficient (Wildman–Crippen LogP) is 3.82. The Balaban J connectivity index is 1.10. The number of hydrogen-bond donors (Lipinski definition) is 1. The average molecular weight is 525 g/mol. The minimum absolute atomic E-state index is 0.133. The molecule has 0 saturated carbocycles. The van der Waals surface area contributed by atoms with Gasteiger partial charge in [0, 0.05) is 57.4 Å². The first-order valence-electron chi connectivity index (χ1n) is 13.6. The third-order valence-electron chi connectivity index (χ3n) is 7.11. The number of amides is 1. The van der Waals surface area contributed by atoms with E-state index in [-0.39, 0.29) is 12.5 Å². The van der Waals surface area contributed by atoms with Gasteiger partial charge in [-0.1, -0.05) is 66.7 Å². The van der Waals surface area contributed by atoms with Crippen molar-refractivity contribution in [3.05, 3.63) is 108 Å². The molecule has 5 rings (SSSR count). The Labute approximate surface area is 230 Å². The Morgan fingerprint density at radius 1 is 0.821 bits per heavy atom. The molecule has 1 fully saturated rings. The number of piperazine rings is 1. The first-order chi connectivity index (χ1) is 19.1. The minimum atomic E-state index is -0.600. The number of β-amino-alcohol motifs (C(OH)–C–C–N with tert-alkyl or cyclic N) is 1. The molecular formula is C32H36N4O3. The van der Waals surface area contributed by atoms with Crippen molar-refractivity contribution in [3.8, 4) is 5.75 Å². The van der Waals surface area contributed by atoms with Crippen LogP contribution in [0.3, 0.4) is 0 Å². The molecule has 3 aromatic carbocycles. The third-order valence-corrected chi connectivity index (χ3v) is 7.11. The van der Waals surface area contributed by atoms with Crippen LogP contribution in [0.1, 0.15) is 11.1 Å². The van der Waals surface area contributed by atoms with Crippen LogP contribution in [0.5, 0.6) is 5.75 Å².